The second-order valence-electron chi connectivity index (χ2n) is 4.09. The number of nitrogen functional groups attached to an aromatic ring is 1. The van der Waals surface area contributed by atoms with Gasteiger partial charge in [-0.2, -0.15) is 0 Å². The van der Waals surface area contributed by atoms with Gasteiger partial charge in [0.15, 0.2) is 5.78 Å². The van der Waals surface area contributed by atoms with Gasteiger partial charge in [-0.25, -0.2) is 0 Å². The fourth-order valence-corrected chi connectivity index (χ4v) is 2.51. The smallest absolute Gasteiger partial charge is 0.221 e. The van der Waals surface area contributed by atoms with E-state index in [4.69, 9.17) is 17.3 Å². The fourth-order valence-electron chi connectivity index (χ4n) is 1.61. The maximum atomic E-state index is 12.0. The predicted octanol–water partition coefficient (Wildman–Crippen LogP) is 3.68. The van der Waals surface area contributed by atoms with Crippen molar-refractivity contribution in [3.05, 3.63) is 64.7 Å². The number of hydrogen-bond donors (Lipinski definition) is 1. The van der Waals surface area contributed by atoms with Crippen LogP contribution in [0.2, 0.25) is 5.02 Å². The van der Waals surface area contributed by atoms with Crippen molar-refractivity contribution in [2.75, 3.05) is 11.5 Å². The van der Waals surface area contributed by atoms with E-state index in [1.165, 1.54) is 0 Å². The second kappa shape index (κ2) is 6.59. The number of ketones is 1. The summed E-state index contributed by atoms with van der Waals surface area (Å²) in [5, 5.41) is 0.368. The highest BCUT2D eigenvalue weighted by Gasteiger charge is 2.13. The van der Waals surface area contributed by atoms with Gasteiger partial charge in [-0.15, -0.1) is 0 Å². The minimum absolute atomic E-state index is 0.0782. The topological polar surface area (TPSA) is 60.2 Å². The zero-order chi connectivity index (χ0) is 14.5. The number of thioether (sulfide) groups is 1. The lowest BCUT2D eigenvalue weighted by Gasteiger charge is -2.04. The molecule has 0 spiro atoms. The van der Waals surface area contributed by atoms with Crippen molar-refractivity contribution in [3.8, 4) is 0 Å². The first-order valence-corrected chi connectivity index (χ1v) is 7.24. The third-order valence-corrected chi connectivity index (χ3v) is 3.82. The molecular weight excluding hydrogens is 294 g/mol. The van der Waals surface area contributed by atoms with Gasteiger partial charge in [-0.1, -0.05) is 35.5 Å². The molecule has 3 nitrogen and oxygen atoms in total. The molecule has 0 bridgehead atoms. The number of benzene rings is 2. The highest BCUT2D eigenvalue weighted by atomic mass is 35.5. The quantitative estimate of drug-likeness (QED) is 0.691. The summed E-state index contributed by atoms with van der Waals surface area (Å²) >= 11 is 6.71. The summed E-state index contributed by atoms with van der Waals surface area (Å²) in [4.78, 5) is 23.9. The van der Waals surface area contributed by atoms with Crippen molar-refractivity contribution < 1.29 is 9.59 Å². The van der Waals surface area contributed by atoms with Crippen molar-refractivity contribution >= 4 is 39.9 Å². The number of nitrogens with two attached hydrogens (primary N) is 1. The summed E-state index contributed by atoms with van der Waals surface area (Å²) in [6.07, 6.45) is 0. The number of rotatable bonds is 4. The molecule has 0 saturated carbocycles. The normalized spacial score (nSPS) is 10.2. The van der Waals surface area contributed by atoms with Crippen LogP contribution in [0.5, 0.6) is 0 Å². The first-order valence-electron chi connectivity index (χ1n) is 5.88. The Morgan fingerprint density at radius 3 is 2.35 bits per heavy atom. The van der Waals surface area contributed by atoms with Crippen LogP contribution in [0.1, 0.15) is 20.7 Å². The second-order valence-corrected chi connectivity index (χ2v) is 5.48. The molecule has 5 heteroatoms. The Morgan fingerprint density at radius 2 is 1.70 bits per heavy atom. The zero-order valence-corrected chi connectivity index (χ0v) is 12.1. The Hall–Kier alpha value is -1.78. The molecule has 0 radical (unpaired) electrons. The van der Waals surface area contributed by atoms with E-state index in [1.807, 2.05) is 0 Å². The summed E-state index contributed by atoms with van der Waals surface area (Å²) < 4.78 is 0. The third kappa shape index (κ3) is 3.62. The van der Waals surface area contributed by atoms with Crippen LogP contribution in [0.15, 0.2) is 48.5 Å². The maximum Gasteiger partial charge on any atom is 0.221 e. The van der Waals surface area contributed by atoms with Gasteiger partial charge in [0.05, 0.1) is 11.3 Å². The van der Waals surface area contributed by atoms with E-state index in [0.717, 1.165) is 11.8 Å². The first kappa shape index (κ1) is 14.6. The molecule has 0 fully saturated rings. The highest BCUT2D eigenvalue weighted by molar-refractivity contribution is 8.14. The molecule has 20 heavy (non-hydrogen) atoms. The van der Waals surface area contributed by atoms with Gasteiger partial charge >= 0.3 is 0 Å². The molecule has 0 atom stereocenters. The molecule has 0 unspecified atom stereocenters. The van der Waals surface area contributed by atoms with E-state index in [1.54, 1.807) is 48.5 Å². The van der Waals surface area contributed by atoms with Crippen LogP contribution < -0.4 is 5.73 Å². The number of carbonyl (C=O) groups excluding carboxylic acids is 2. The predicted molar refractivity (Wildman–Crippen MR) is 83.4 cm³/mol. The summed E-state index contributed by atoms with van der Waals surface area (Å²) in [6.45, 7) is 0. The first-order chi connectivity index (χ1) is 9.58. The summed E-state index contributed by atoms with van der Waals surface area (Å²) in [7, 11) is 0. The van der Waals surface area contributed by atoms with Crippen LogP contribution in [0.25, 0.3) is 0 Å². The van der Waals surface area contributed by atoms with Crippen molar-refractivity contribution in [2.24, 2.45) is 0 Å². The van der Waals surface area contributed by atoms with E-state index in [9.17, 15) is 9.59 Å². The maximum absolute atomic E-state index is 12.0. The number of carbonyl (C=O) groups is 2. The van der Waals surface area contributed by atoms with Gasteiger partial charge in [0.25, 0.3) is 0 Å². The Bertz CT molecular complexity index is 641. The molecule has 2 aromatic rings. The van der Waals surface area contributed by atoms with Crippen LogP contribution in [0.4, 0.5) is 5.69 Å². The van der Waals surface area contributed by atoms with Crippen LogP contribution in [-0.4, -0.2) is 16.7 Å². The minimum Gasteiger partial charge on any atom is -0.398 e. The third-order valence-electron chi connectivity index (χ3n) is 2.68. The molecule has 0 heterocycles. The summed E-state index contributed by atoms with van der Waals surface area (Å²) in [5.41, 5.74) is 7.11. The lowest BCUT2D eigenvalue weighted by molar-refractivity contribution is 0.101. The summed E-state index contributed by atoms with van der Waals surface area (Å²) in [6, 6.07) is 13.4. The van der Waals surface area contributed by atoms with Crippen LogP contribution in [0, 0.1) is 0 Å². The molecule has 2 rings (SSSR count). The van der Waals surface area contributed by atoms with E-state index >= 15 is 0 Å². The molecule has 0 aliphatic rings. The van der Waals surface area contributed by atoms with Gasteiger partial charge < -0.3 is 5.73 Å². The number of Topliss-reactive ketones (excluding diaryl/α,β-unsaturated/α-hetero) is 1. The van der Waals surface area contributed by atoms with Crippen LogP contribution in [-0.2, 0) is 0 Å². The van der Waals surface area contributed by atoms with E-state index < -0.39 is 0 Å². The van der Waals surface area contributed by atoms with Crippen LogP contribution in [0.3, 0.4) is 0 Å². The number of para-hydroxylation sites is 1. The Morgan fingerprint density at radius 1 is 1.05 bits per heavy atom. The molecule has 102 valence electrons. The average Bonchev–Trinajstić information content (AvgIpc) is 2.45. The van der Waals surface area contributed by atoms with Gasteiger partial charge in [0.1, 0.15) is 0 Å². The van der Waals surface area contributed by atoms with Gasteiger partial charge in [0.2, 0.25) is 5.12 Å². The zero-order valence-electron chi connectivity index (χ0n) is 10.5. The van der Waals surface area contributed by atoms with E-state index in [2.05, 4.69) is 0 Å². The van der Waals surface area contributed by atoms with Gasteiger partial charge in [-0.05, 0) is 36.4 Å². The Labute approximate surface area is 126 Å². The molecule has 2 N–H and O–H groups in total. The summed E-state index contributed by atoms with van der Waals surface area (Å²) in [5.74, 6) is -0.0380. The van der Waals surface area contributed by atoms with E-state index in [0.29, 0.717) is 21.8 Å². The molecule has 2 aromatic carbocycles. The number of anilines is 1. The standard InChI is InChI=1S/C15H12ClNO2S/c16-11-7-5-10(6-8-11)14(18)9-20-15(19)12-3-1-2-4-13(12)17/h1-8H,9,17H2. The van der Waals surface area contributed by atoms with E-state index in [-0.39, 0.29) is 16.7 Å². The lowest BCUT2D eigenvalue weighted by Crippen LogP contribution is -2.06. The monoisotopic (exact) mass is 305 g/mol. The molecule has 0 amide bonds. The minimum atomic E-state index is -0.203. The van der Waals surface area contributed by atoms with Crippen molar-refractivity contribution in [1.82, 2.24) is 0 Å². The van der Waals surface area contributed by atoms with Crippen molar-refractivity contribution in [1.29, 1.82) is 0 Å². The van der Waals surface area contributed by atoms with Crippen molar-refractivity contribution in [2.45, 2.75) is 0 Å². The van der Waals surface area contributed by atoms with Crippen LogP contribution >= 0.6 is 23.4 Å². The highest BCUT2D eigenvalue weighted by Crippen LogP contribution is 2.19. The van der Waals surface area contributed by atoms with Crippen molar-refractivity contribution in [3.63, 3.8) is 0 Å². The average molecular weight is 306 g/mol. The molecule has 0 saturated heterocycles. The molecular formula is C15H12ClNO2S. The SMILES string of the molecule is Nc1ccccc1C(=O)SCC(=O)c1ccc(Cl)cc1. The van der Waals surface area contributed by atoms with Gasteiger partial charge in [-0.3, -0.25) is 9.59 Å². The van der Waals surface area contributed by atoms with Gasteiger partial charge in [0, 0.05) is 16.3 Å². The molecule has 0 aliphatic heterocycles. The lowest BCUT2D eigenvalue weighted by atomic mass is 10.1. The molecule has 0 aliphatic carbocycles. The fraction of sp³-hybridized carbons (Fsp3) is 0.0667. The largest absolute Gasteiger partial charge is 0.398 e. The number of hydrogen-bond acceptors (Lipinski definition) is 4. The number of halogens is 1. The molecule has 0 aromatic heterocycles. The Balaban J connectivity index is 1.99. The Kier molecular flexibility index (Phi) is 4.82.